The van der Waals surface area contributed by atoms with Crippen molar-refractivity contribution < 1.29 is 0 Å². The van der Waals surface area contributed by atoms with E-state index in [9.17, 15) is 0 Å². The third-order valence-corrected chi connectivity index (χ3v) is 14.9. The minimum absolute atomic E-state index is 0.615. The third-order valence-electron chi connectivity index (χ3n) is 13.7. The van der Waals surface area contributed by atoms with Crippen molar-refractivity contribution in [1.82, 2.24) is 15.0 Å². The van der Waals surface area contributed by atoms with Gasteiger partial charge in [-0.15, -0.1) is 11.3 Å². The zero-order valence-corrected chi connectivity index (χ0v) is 37.7. The summed E-state index contributed by atoms with van der Waals surface area (Å²) >= 11 is 1.87. The van der Waals surface area contributed by atoms with Crippen molar-refractivity contribution in [3.05, 3.63) is 271 Å². The predicted octanol–water partition coefficient (Wildman–Crippen LogP) is 16.6. The molecule has 12 aromatic rings. The van der Waals surface area contributed by atoms with E-state index in [-0.39, 0.29) is 0 Å². The zero-order chi connectivity index (χ0) is 45.0. The highest BCUT2D eigenvalue weighted by atomic mass is 32.1. The molecule has 3 nitrogen and oxygen atoms in total. The lowest BCUT2D eigenvalue weighted by molar-refractivity contribution is 0.769. The van der Waals surface area contributed by atoms with Crippen LogP contribution in [-0.4, -0.2) is 15.0 Å². The summed E-state index contributed by atoms with van der Waals surface area (Å²) < 4.78 is 2.64. The third kappa shape index (κ3) is 6.45. The van der Waals surface area contributed by atoms with Crippen LogP contribution < -0.4 is 0 Å². The molecule has 0 saturated heterocycles. The van der Waals surface area contributed by atoms with E-state index in [1.165, 1.54) is 64.7 Å². The van der Waals surface area contributed by atoms with Gasteiger partial charge in [-0.1, -0.05) is 243 Å². The van der Waals surface area contributed by atoms with E-state index in [1.807, 2.05) is 11.3 Å². The fourth-order valence-electron chi connectivity index (χ4n) is 10.6. The fourth-order valence-corrected chi connectivity index (χ4v) is 11.8. The van der Waals surface area contributed by atoms with Crippen LogP contribution in [0.3, 0.4) is 0 Å². The van der Waals surface area contributed by atoms with Crippen molar-refractivity contribution in [2.75, 3.05) is 0 Å². The summed E-state index contributed by atoms with van der Waals surface area (Å²) in [6.07, 6.45) is 0. The lowest BCUT2D eigenvalue weighted by atomic mass is 9.66. The maximum absolute atomic E-state index is 5.49. The average molecular weight is 884 g/mol. The van der Waals surface area contributed by atoms with Gasteiger partial charge in [0.15, 0.2) is 17.5 Å². The molecule has 0 amide bonds. The Morgan fingerprint density at radius 3 is 1.44 bits per heavy atom. The van der Waals surface area contributed by atoms with Gasteiger partial charge in [0.05, 0.1) is 5.41 Å². The molecule has 0 unspecified atom stereocenters. The molecule has 0 fully saturated rings. The number of nitrogens with zero attached hydrogens (tertiary/aromatic N) is 3. The second kappa shape index (κ2) is 16.4. The molecule has 0 atom stereocenters. The van der Waals surface area contributed by atoms with E-state index in [0.29, 0.717) is 17.5 Å². The zero-order valence-electron chi connectivity index (χ0n) is 36.9. The molecule has 2 aromatic heterocycles. The number of hydrogen-bond donors (Lipinski definition) is 0. The van der Waals surface area contributed by atoms with E-state index < -0.39 is 5.41 Å². The molecule has 0 saturated carbocycles. The molecule has 10 aromatic carbocycles. The molecule has 0 radical (unpaired) electrons. The standard InChI is InChI=1S/C64H41N3S/c1-4-18-44(19-5-1)49-24-10-11-27-55(49)62-65-61(46-40-36-43(37-41-46)42-34-38-45(39-35-42)50-28-16-30-54-52-26-13-15-33-58(52)68-60(50)54)66-63(67-62)56-31-17-29-53-51-25-12-14-32-57(51)64(59(53)56,47-20-6-2-7-21-47)48-22-8-3-9-23-48/h1-41H. The van der Waals surface area contributed by atoms with Crippen molar-refractivity contribution in [3.8, 4) is 78.7 Å². The molecule has 0 aliphatic heterocycles. The smallest absolute Gasteiger partial charge is 0.164 e. The number of rotatable bonds is 8. The summed E-state index contributed by atoms with van der Waals surface area (Å²) in [6, 6.07) is 89.2. The number of fused-ring (bicyclic) bond motifs is 6. The van der Waals surface area contributed by atoms with Gasteiger partial charge in [-0.3, -0.25) is 0 Å². The number of aromatic nitrogens is 3. The fraction of sp³-hybridized carbons (Fsp3) is 0.0156. The summed E-state index contributed by atoms with van der Waals surface area (Å²) in [6.45, 7) is 0. The van der Waals surface area contributed by atoms with Gasteiger partial charge in [0, 0.05) is 36.9 Å². The average Bonchev–Trinajstić information content (AvgIpc) is 3.96. The van der Waals surface area contributed by atoms with Crippen LogP contribution in [0, 0.1) is 0 Å². The van der Waals surface area contributed by atoms with Crippen molar-refractivity contribution in [2.24, 2.45) is 0 Å². The molecular weight excluding hydrogens is 843 g/mol. The first-order valence-corrected chi connectivity index (χ1v) is 23.9. The second-order valence-corrected chi connectivity index (χ2v) is 18.5. The Labute approximate surface area is 399 Å². The van der Waals surface area contributed by atoms with Gasteiger partial charge in [0.25, 0.3) is 0 Å². The molecular formula is C64H41N3S. The van der Waals surface area contributed by atoms with Gasteiger partial charge in [0.1, 0.15) is 0 Å². The summed E-state index contributed by atoms with van der Waals surface area (Å²) in [5.74, 6) is 1.86. The molecule has 318 valence electrons. The molecule has 1 aliphatic rings. The quantitative estimate of drug-likeness (QED) is 0.153. The first kappa shape index (κ1) is 39.8. The van der Waals surface area contributed by atoms with Crippen molar-refractivity contribution in [1.29, 1.82) is 0 Å². The first-order valence-electron chi connectivity index (χ1n) is 23.1. The Balaban J connectivity index is 0.966. The van der Waals surface area contributed by atoms with Crippen LogP contribution in [0.15, 0.2) is 249 Å². The van der Waals surface area contributed by atoms with Gasteiger partial charge in [-0.2, -0.15) is 0 Å². The Morgan fingerprint density at radius 2 is 0.735 bits per heavy atom. The maximum atomic E-state index is 5.49. The van der Waals surface area contributed by atoms with Gasteiger partial charge in [-0.05, 0) is 72.8 Å². The van der Waals surface area contributed by atoms with Crippen LogP contribution in [0.5, 0.6) is 0 Å². The minimum Gasteiger partial charge on any atom is -0.208 e. The van der Waals surface area contributed by atoms with Crippen LogP contribution in [0.1, 0.15) is 22.3 Å². The van der Waals surface area contributed by atoms with Crippen LogP contribution in [-0.2, 0) is 5.41 Å². The highest BCUT2D eigenvalue weighted by Crippen LogP contribution is 2.58. The Kier molecular flexibility index (Phi) is 9.59. The van der Waals surface area contributed by atoms with Crippen molar-refractivity contribution in [2.45, 2.75) is 5.41 Å². The highest BCUT2D eigenvalue weighted by Gasteiger charge is 2.48. The molecule has 0 spiro atoms. The Morgan fingerprint density at radius 1 is 0.279 bits per heavy atom. The van der Waals surface area contributed by atoms with Crippen LogP contribution in [0.25, 0.3) is 98.8 Å². The summed E-state index contributed by atoms with van der Waals surface area (Å²) in [5, 5.41) is 2.62. The maximum Gasteiger partial charge on any atom is 0.164 e. The molecule has 13 rings (SSSR count). The highest BCUT2D eigenvalue weighted by molar-refractivity contribution is 7.26. The molecule has 4 heteroatoms. The van der Waals surface area contributed by atoms with Crippen LogP contribution >= 0.6 is 11.3 Å². The molecule has 0 bridgehead atoms. The SMILES string of the molecule is c1ccc(-c2ccccc2-c2nc(-c3ccc(-c4ccc(-c5cccc6c5sc5ccccc56)cc4)cc3)nc(-c3cccc4c3C(c3ccccc3)(c3ccccc3)c3ccccc3-4)n2)cc1. The van der Waals surface area contributed by atoms with Crippen LogP contribution in [0.4, 0.5) is 0 Å². The Hall–Kier alpha value is -8.57. The molecule has 0 N–H and O–H groups in total. The normalized spacial score (nSPS) is 12.5. The number of benzene rings is 10. The molecule has 1 aliphatic carbocycles. The second-order valence-electron chi connectivity index (χ2n) is 17.4. The summed E-state index contributed by atoms with van der Waals surface area (Å²) in [4.78, 5) is 16.3. The predicted molar refractivity (Wildman–Crippen MR) is 283 cm³/mol. The summed E-state index contributed by atoms with van der Waals surface area (Å²) in [5.41, 5.74) is 16.3. The molecule has 2 heterocycles. The lowest BCUT2D eigenvalue weighted by Gasteiger charge is -2.35. The van der Waals surface area contributed by atoms with Gasteiger partial charge in [0.2, 0.25) is 0 Å². The topological polar surface area (TPSA) is 38.7 Å². The van der Waals surface area contributed by atoms with E-state index in [0.717, 1.165) is 38.9 Å². The van der Waals surface area contributed by atoms with Crippen molar-refractivity contribution >= 4 is 31.5 Å². The first-order chi connectivity index (χ1) is 33.7. The molecule has 68 heavy (non-hydrogen) atoms. The van der Waals surface area contributed by atoms with E-state index >= 15 is 0 Å². The van der Waals surface area contributed by atoms with E-state index in [4.69, 9.17) is 15.0 Å². The lowest BCUT2D eigenvalue weighted by Crippen LogP contribution is -2.29. The number of hydrogen-bond acceptors (Lipinski definition) is 4. The van der Waals surface area contributed by atoms with Gasteiger partial charge in [-0.25, -0.2) is 15.0 Å². The van der Waals surface area contributed by atoms with Crippen LogP contribution in [0.2, 0.25) is 0 Å². The monoisotopic (exact) mass is 883 g/mol. The van der Waals surface area contributed by atoms with Gasteiger partial charge < -0.3 is 0 Å². The largest absolute Gasteiger partial charge is 0.208 e. The van der Waals surface area contributed by atoms with Gasteiger partial charge >= 0.3 is 0 Å². The Bertz CT molecular complexity index is 3780. The number of thiophene rings is 1. The van der Waals surface area contributed by atoms with Crippen molar-refractivity contribution in [3.63, 3.8) is 0 Å². The van der Waals surface area contributed by atoms with E-state index in [1.54, 1.807) is 0 Å². The van der Waals surface area contributed by atoms with E-state index in [2.05, 4.69) is 249 Å². The minimum atomic E-state index is -0.637. The summed E-state index contributed by atoms with van der Waals surface area (Å²) in [7, 11) is 0.